The molecule has 0 saturated carbocycles. The number of rotatable bonds is 41. The van der Waals surface area contributed by atoms with Crippen molar-refractivity contribution in [2.75, 3.05) is 26.4 Å². The number of carbonyl (C=O) groups excluding carboxylic acids is 2. The van der Waals surface area contributed by atoms with Gasteiger partial charge in [0.15, 0.2) is 0 Å². The van der Waals surface area contributed by atoms with Gasteiger partial charge in [-0.15, -0.1) is 0 Å². The number of esters is 1. The SMILES string of the molecule is CC/C=C\C/C=C\C/C=C\CCCCCCCC(=O)OCC(O)COP(=O)(O)OCCNC(=O)CCCCCCCCCC/C=C\C/C=C\C/C=C\CCCCC. The summed E-state index contributed by atoms with van der Waals surface area (Å²) >= 11 is 0. The van der Waals surface area contributed by atoms with Crippen molar-refractivity contribution in [3.63, 3.8) is 0 Å². The lowest BCUT2D eigenvalue weighted by Gasteiger charge is -2.15. The van der Waals surface area contributed by atoms with Crippen LogP contribution in [0.15, 0.2) is 72.9 Å². The van der Waals surface area contributed by atoms with Gasteiger partial charge in [0, 0.05) is 19.4 Å². The van der Waals surface area contributed by atoms with Gasteiger partial charge in [-0.2, -0.15) is 0 Å². The molecule has 3 N–H and O–H groups in total. The molecule has 0 heterocycles. The van der Waals surface area contributed by atoms with Crippen LogP contribution < -0.4 is 5.32 Å². The van der Waals surface area contributed by atoms with Crippen LogP contribution in [0, 0.1) is 0 Å². The molecule has 0 fully saturated rings. The van der Waals surface area contributed by atoms with E-state index in [0.717, 1.165) is 89.9 Å². The number of unbranched alkanes of at least 4 members (excludes halogenated alkanes) is 16. The molecule has 0 radical (unpaired) electrons. The molecule has 0 rings (SSSR count). The van der Waals surface area contributed by atoms with Crippen molar-refractivity contribution in [3.8, 4) is 0 Å². The van der Waals surface area contributed by atoms with Gasteiger partial charge in [-0.05, 0) is 83.5 Å². The first-order valence-corrected chi connectivity index (χ1v) is 23.9. The smallest absolute Gasteiger partial charge is 0.463 e. The van der Waals surface area contributed by atoms with Crippen LogP contribution in [0.4, 0.5) is 0 Å². The van der Waals surface area contributed by atoms with Gasteiger partial charge in [0.25, 0.3) is 0 Å². The van der Waals surface area contributed by atoms with Crippen LogP contribution in [0.1, 0.15) is 181 Å². The highest BCUT2D eigenvalue weighted by Crippen LogP contribution is 2.42. The summed E-state index contributed by atoms with van der Waals surface area (Å²) in [5.41, 5.74) is 0. The third-order valence-electron chi connectivity index (χ3n) is 9.12. The van der Waals surface area contributed by atoms with Crippen LogP contribution in [0.2, 0.25) is 0 Å². The molecule has 2 atom stereocenters. The highest BCUT2D eigenvalue weighted by atomic mass is 31.2. The van der Waals surface area contributed by atoms with E-state index in [2.05, 4.69) is 92.1 Å². The maximum atomic E-state index is 12.1. The number of amides is 1. The first kappa shape index (κ1) is 54.5. The fourth-order valence-electron chi connectivity index (χ4n) is 5.75. The average molecular weight is 820 g/mol. The van der Waals surface area contributed by atoms with E-state index in [1.807, 2.05) is 0 Å². The number of hydrogen-bond donors (Lipinski definition) is 3. The van der Waals surface area contributed by atoms with Gasteiger partial charge >= 0.3 is 13.8 Å². The minimum absolute atomic E-state index is 0.0716. The first-order chi connectivity index (χ1) is 27.8. The van der Waals surface area contributed by atoms with Crippen LogP contribution >= 0.6 is 7.82 Å². The lowest BCUT2D eigenvalue weighted by molar-refractivity contribution is -0.147. The molecular weight excluding hydrogens is 737 g/mol. The zero-order valence-corrected chi connectivity index (χ0v) is 36.9. The van der Waals surface area contributed by atoms with E-state index in [9.17, 15) is 24.2 Å². The highest BCUT2D eigenvalue weighted by molar-refractivity contribution is 7.47. The summed E-state index contributed by atoms with van der Waals surface area (Å²) in [6, 6.07) is 0. The Kier molecular flexibility index (Phi) is 41.1. The summed E-state index contributed by atoms with van der Waals surface area (Å²) in [6.07, 6.45) is 52.6. The summed E-state index contributed by atoms with van der Waals surface area (Å²) in [7, 11) is -4.43. The maximum Gasteiger partial charge on any atom is 0.472 e. The number of ether oxygens (including phenoxy) is 1. The largest absolute Gasteiger partial charge is 0.472 e. The Morgan fingerprint density at radius 3 is 1.51 bits per heavy atom. The molecule has 0 saturated heterocycles. The Morgan fingerprint density at radius 2 is 1.00 bits per heavy atom. The minimum Gasteiger partial charge on any atom is -0.463 e. The summed E-state index contributed by atoms with van der Waals surface area (Å²) < 4.78 is 26.9. The third-order valence-corrected chi connectivity index (χ3v) is 10.1. The van der Waals surface area contributed by atoms with E-state index < -0.39 is 26.5 Å². The fraction of sp³-hybridized carbons (Fsp3) is 0.702. The summed E-state index contributed by atoms with van der Waals surface area (Å²) in [5, 5.41) is 12.7. The van der Waals surface area contributed by atoms with Crippen LogP contribution in [0.3, 0.4) is 0 Å². The molecule has 2 unspecified atom stereocenters. The second-order valence-corrected chi connectivity index (χ2v) is 16.1. The monoisotopic (exact) mass is 820 g/mol. The van der Waals surface area contributed by atoms with Crippen LogP contribution in [0.25, 0.3) is 0 Å². The predicted octanol–water partition coefficient (Wildman–Crippen LogP) is 12.7. The van der Waals surface area contributed by atoms with Crippen molar-refractivity contribution < 1.29 is 37.9 Å². The predicted molar refractivity (Wildman–Crippen MR) is 238 cm³/mol. The number of phosphoric acid groups is 1. The van der Waals surface area contributed by atoms with Crippen LogP contribution in [-0.2, 0) is 27.9 Å². The van der Waals surface area contributed by atoms with Gasteiger partial charge in [-0.25, -0.2) is 4.57 Å². The van der Waals surface area contributed by atoms with Crippen molar-refractivity contribution in [1.82, 2.24) is 5.32 Å². The Balaban J connectivity index is 3.63. The topological polar surface area (TPSA) is 131 Å². The lowest BCUT2D eigenvalue weighted by atomic mass is 10.1. The Bertz CT molecular complexity index is 1160. The molecule has 0 bridgehead atoms. The molecule has 0 aromatic heterocycles. The molecule has 1 amide bonds. The number of carbonyl (C=O) groups is 2. The maximum absolute atomic E-state index is 12.1. The van der Waals surface area contributed by atoms with Crippen molar-refractivity contribution in [3.05, 3.63) is 72.9 Å². The van der Waals surface area contributed by atoms with Crippen LogP contribution in [-0.4, -0.2) is 54.3 Å². The van der Waals surface area contributed by atoms with E-state index in [1.54, 1.807) is 0 Å². The number of allylic oxidation sites excluding steroid dienone is 12. The zero-order chi connectivity index (χ0) is 41.8. The van der Waals surface area contributed by atoms with Crippen LogP contribution in [0.5, 0.6) is 0 Å². The minimum atomic E-state index is -4.43. The van der Waals surface area contributed by atoms with Gasteiger partial charge in [-0.1, -0.05) is 157 Å². The summed E-state index contributed by atoms with van der Waals surface area (Å²) in [5.74, 6) is -0.545. The first-order valence-electron chi connectivity index (χ1n) is 22.4. The molecule has 0 aliphatic carbocycles. The second-order valence-electron chi connectivity index (χ2n) is 14.6. The summed E-state index contributed by atoms with van der Waals surface area (Å²) in [6.45, 7) is 3.37. The van der Waals surface area contributed by atoms with Crippen molar-refractivity contribution >= 4 is 19.7 Å². The zero-order valence-electron chi connectivity index (χ0n) is 36.0. The highest BCUT2D eigenvalue weighted by Gasteiger charge is 2.23. The third kappa shape index (κ3) is 44.4. The van der Waals surface area contributed by atoms with Crippen molar-refractivity contribution in [2.45, 2.75) is 187 Å². The number of aliphatic hydroxyl groups excluding tert-OH is 1. The number of hydrogen-bond acceptors (Lipinski definition) is 7. The van der Waals surface area contributed by atoms with Gasteiger partial charge in [0.05, 0.1) is 13.2 Å². The normalized spacial score (nSPS) is 14.0. The van der Waals surface area contributed by atoms with Crippen molar-refractivity contribution in [1.29, 1.82) is 0 Å². The average Bonchev–Trinajstić information content (AvgIpc) is 3.20. The Labute approximate surface area is 348 Å². The Hall–Kier alpha value is -2.55. The fourth-order valence-corrected chi connectivity index (χ4v) is 6.51. The molecule has 57 heavy (non-hydrogen) atoms. The second kappa shape index (κ2) is 43.0. The molecular formula is C47H82NO8P. The summed E-state index contributed by atoms with van der Waals surface area (Å²) in [4.78, 5) is 33.9. The standard InChI is InChI=1S/C47H82NO8P/c1-3-5-7-9-11-13-15-17-19-20-21-22-23-24-26-27-29-31-33-35-37-39-46(50)48-41-42-55-57(52,53)56-44-45(49)43-54-47(51)40-38-36-34-32-30-28-25-18-16-14-12-10-8-6-4-2/h6,8,11-14,17-19,21-22,25,45,49H,3-5,7,9-10,15-16,20,23-24,26-44H2,1-2H3,(H,48,50)(H,52,53)/b8-6-,13-11-,14-12-,19-17-,22-21-,25-18-. The number of phosphoric ester groups is 1. The van der Waals surface area contributed by atoms with Gasteiger partial charge in [0.1, 0.15) is 12.7 Å². The van der Waals surface area contributed by atoms with Gasteiger partial charge in [-0.3, -0.25) is 18.6 Å². The quantitative estimate of drug-likeness (QED) is 0.0240. The van der Waals surface area contributed by atoms with Crippen molar-refractivity contribution in [2.24, 2.45) is 0 Å². The number of aliphatic hydroxyl groups is 1. The molecule has 10 heteroatoms. The molecule has 328 valence electrons. The van der Waals surface area contributed by atoms with E-state index in [0.29, 0.717) is 12.8 Å². The molecule has 0 aliphatic heterocycles. The molecule has 0 aromatic rings. The molecule has 0 aromatic carbocycles. The van der Waals surface area contributed by atoms with Gasteiger partial charge < -0.3 is 20.1 Å². The van der Waals surface area contributed by atoms with E-state index in [4.69, 9.17) is 13.8 Å². The lowest BCUT2D eigenvalue weighted by Crippen LogP contribution is -2.27. The molecule has 0 aliphatic rings. The molecule has 0 spiro atoms. The molecule has 9 nitrogen and oxygen atoms in total. The van der Waals surface area contributed by atoms with Gasteiger partial charge in [0.2, 0.25) is 5.91 Å². The Morgan fingerprint density at radius 1 is 0.561 bits per heavy atom. The number of nitrogens with one attached hydrogen (secondary N) is 1. The van der Waals surface area contributed by atoms with E-state index in [1.165, 1.54) is 57.8 Å². The van der Waals surface area contributed by atoms with E-state index >= 15 is 0 Å². The van der Waals surface area contributed by atoms with E-state index in [-0.39, 0.29) is 32.1 Å².